The summed E-state index contributed by atoms with van der Waals surface area (Å²) in [7, 11) is 1.38. The second-order valence-electron chi connectivity index (χ2n) is 5.39. The van der Waals surface area contributed by atoms with Gasteiger partial charge in [0.05, 0.1) is 17.4 Å². The molecular weight excluding hydrogens is 273 g/mol. The Kier molecular flexibility index (Phi) is 2.55. The van der Waals surface area contributed by atoms with Crippen LogP contribution in [0.15, 0.2) is 12.3 Å². The van der Waals surface area contributed by atoms with E-state index >= 15 is 0 Å². The molecule has 1 fully saturated rings. The van der Waals surface area contributed by atoms with Crippen LogP contribution in [0, 0.1) is 11.8 Å². The molecule has 20 heavy (non-hydrogen) atoms. The minimum Gasteiger partial charge on any atom is -0.347 e. The SMILES string of the molecule is C[C@H]1[C@H]2C(=O)N(C)C(=O)[C@H]2Cc2c(C(F)(F)F)ccn21. The van der Waals surface area contributed by atoms with E-state index in [1.807, 2.05) is 0 Å². The number of nitrogens with zero attached hydrogens (tertiary/aromatic N) is 2. The van der Waals surface area contributed by atoms with Gasteiger partial charge in [-0.15, -0.1) is 0 Å². The third kappa shape index (κ3) is 1.55. The smallest absolute Gasteiger partial charge is 0.347 e. The number of rotatable bonds is 0. The summed E-state index contributed by atoms with van der Waals surface area (Å²) in [6, 6.07) is 0.576. The van der Waals surface area contributed by atoms with Crippen LogP contribution in [0.2, 0.25) is 0 Å². The maximum absolute atomic E-state index is 13.0. The molecule has 3 heterocycles. The lowest BCUT2D eigenvalue weighted by molar-refractivity contribution is -0.140. The molecule has 1 aromatic rings. The lowest BCUT2D eigenvalue weighted by Crippen LogP contribution is -2.35. The number of amides is 2. The average Bonchev–Trinajstić information content (AvgIpc) is 2.87. The standard InChI is InChI=1S/C13H13F3N2O2/c1-6-10-7(11(19)17(2)12(10)20)5-9-8(13(14,15)16)3-4-18(6)9/h3-4,6-7,10H,5H2,1-2H3/t6-,7-,10+/m0/s1. The summed E-state index contributed by atoms with van der Waals surface area (Å²) >= 11 is 0. The van der Waals surface area contributed by atoms with Crippen LogP contribution in [0.25, 0.3) is 0 Å². The van der Waals surface area contributed by atoms with Gasteiger partial charge >= 0.3 is 6.18 Å². The predicted octanol–water partition coefficient (Wildman–Crippen LogP) is 1.85. The van der Waals surface area contributed by atoms with E-state index in [4.69, 9.17) is 0 Å². The summed E-state index contributed by atoms with van der Waals surface area (Å²) in [6.45, 7) is 1.69. The van der Waals surface area contributed by atoms with Gasteiger partial charge in [-0.05, 0) is 13.0 Å². The highest BCUT2D eigenvalue weighted by Gasteiger charge is 2.53. The lowest BCUT2D eigenvalue weighted by atomic mass is 9.81. The lowest BCUT2D eigenvalue weighted by Gasteiger charge is -2.31. The van der Waals surface area contributed by atoms with Crippen molar-refractivity contribution in [2.75, 3.05) is 7.05 Å². The van der Waals surface area contributed by atoms with Gasteiger partial charge in [-0.1, -0.05) is 0 Å². The molecule has 3 atom stereocenters. The molecule has 0 saturated carbocycles. The Balaban J connectivity index is 2.10. The van der Waals surface area contributed by atoms with Crippen molar-refractivity contribution in [3.63, 3.8) is 0 Å². The van der Waals surface area contributed by atoms with E-state index in [2.05, 4.69) is 0 Å². The molecule has 3 rings (SSSR count). The minimum absolute atomic E-state index is 0.0359. The van der Waals surface area contributed by atoms with Crippen molar-refractivity contribution in [3.8, 4) is 0 Å². The number of carbonyl (C=O) groups excluding carboxylic acids is 2. The predicted molar refractivity (Wildman–Crippen MR) is 62.6 cm³/mol. The number of aromatic nitrogens is 1. The van der Waals surface area contributed by atoms with Crippen molar-refractivity contribution in [2.24, 2.45) is 11.8 Å². The topological polar surface area (TPSA) is 42.3 Å². The molecule has 7 heteroatoms. The first-order valence-corrected chi connectivity index (χ1v) is 6.31. The Morgan fingerprint density at radius 1 is 1.25 bits per heavy atom. The molecule has 108 valence electrons. The van der Waals surface area contributed by atoms with Crippen LogP contribution in [0.1, 0.15) is 24.2 Å². The first kappa shape index (κ1) is 13.2. The molecule has 1 saturated heterocycles. The van der Waals surface area contributed by atoms with Crippen LogP contribution < -0.4 is 0 Å². The number of imide groups is 1. The van der Waals surface area contributed by atoms with Crippen LogP contribution in [0.3, 0.4) is 0 Å². The molecule has 0 aromatic carbocycles. The summed E-state index contributed by atoms with van der Waals surface area (Å²) in [5.74, 6) is -1.92. The van der Waals surface area contributed by atoms with E-state index < -0.39 is 29.6 Å². The number of alkyl halides is 3. The Morgan fingerprint density at radius 2 is 1.90 bits per heavy atom. The fraction of sp³-hybridized carbons (Fsp3) is 0.538. The van der Waals surface area contributed by atoms with Crippen LogP contribution in [-0.4, -0.2) is 28.3 Å². The van der Waals surface area contributed by atoms with Gasteiger partial charge < -0.3 is 4.57 Å². The van der Waals surface area contributed by atoms with Gasteiger partial charge in [-0.2, -0.15) is 13.2 Å². The summed E-state index contributed by atoms with van der Waals surface area (Å²) in [4.78, 5) is 25.1. The van der Waals surface area contributed by atoms with Gasteiger partial charge in [0.25, 0.3) is 0 Å². The quantitative estimate of drug-likeness (QED) is 0.683. The summed E-state index contributed by atoms with van der Waals surface area (Å²) < 4.78 is 40.3. The molecule has 0 aliphatic carbocycles. The number of likely N-dealkylation sites (tertiary alicyclic amines) is 1. The Labute approximate surface area is 113 Å². The van der Waals surface area contributed by atoms with E-state index in [1.165, 1.54) is 17.8 Å². The molecule has 2 aliphatic rings. The van der Waals surface area contributed by atoms with Gasteiger partial charge in [-0.25, -0.2) is 0 Å². The van der Waals surface area contributed by atoms with Crippen molar-refractivity contribution in [1.82, 2.24) is 9.47 Å². The molecule has 0 radical (unpaired) electrons. The van der Waals surface area contributed by atoms with E-state index in [0.29, 0.717) is 0 Å². The van der Waals surface area contributed by atoms with Crippen LogP contribution in [0.4, 0.5) is 13.2 Å². The first-order valence-electron chi connectivity index (χ1n) is 6.31. The first-order chi connectivity index (χ1) is 9.23. The average molecular weight is 286 g/mol. The zero-order chi connectivity index (χ0) is 14.8. The Bertz CT molecular complexity index is 605. The summed E-state index contributed by atoms with van der Waals surface area (Å²) in [5, 5.41) is 0. The van der Waals surface area contributed by atoms with Crippen molar-refractivity contribution < 1.29 is 22.8 Å². The van der Waals surface area contributed by atoms with E-state index in [1.54, 1.807) is 6.92 Å². The highest BCUT2D eigenvalue weighted by Crippen LogP contribution is 2.44. The van der Waals surface area contributed by atoms with Gasteiger partial charge in [0.2, 0.25) is 11.8 Å². The zero-order valence-corrected chi connectivity index (χ0v) is 10.9. The number of carbonyl (C=O) groups is 2. The highest BCUT2D eigenvalue weighted by molar-refractivity contribution is 6.05. The molecule has 1 aromatic heterocycles. The van der Waals surface area contributed by atoms with E-state index in [-0.39, 0.29) is 23.9 Å². The van der Waals surface area contributed by atoms with Crippen LogP contribution in [-0.2, 0) is 22.2 Å². The Morgan fingerprint density at radius 3 is 2.50 bits per heavy atom. The summed E-state index contributed by atoms with van der Waals surface area (Å²) in [6.07, 6.45) is -3.12. The highest BCUT2D eigenvalue weighted by atomic mass is 19.4. The maximum Gasteiger partial charge on any atom is 0.418 e. The number of hydrogen-bond acceptors (Lipinski definition) is 2. The monoisotopic (exact) mass is 286 g/mol. The summed E-state index contributed by atoms with van der Waals surface area (Å²) in [5.41, 5.74) is -0.611. The van der Waals surface area contributed by atoms with Crippen LogP contribution >= 0.6 is 0 Å². The van der Waals surface area contributed by atoms with Crippen molar-refractivity contribution in [1.29, 1.82) is 0 Å². The van der Waals surface area contributed by atoms with E-state index in [0.717, 1.165) is 11.0 Å². The van der Waals surface area contributed by atoms with Gasteiger partial charge in [0.15, 0.2) is 0 Å². The molecule has 4 nitrogen and oxygen atoms in total. The van der Waals surface area contributed by atoms with Gasteiger partial charge in [0, 0.05) is 31.4 Å². The molecular formula is C13H13F3N2O2. The number of halogens is 3. The Hall–Kier alpha value is -1.79. The van der Waals surface area contributed by atoms with Gasteiger partial charge in [0.1, 0.15) is 0 Å². The number of hydrogen-bond donors (Lipinski definition) is 0. The molecule has 2 amide bonds. The molecule has 0 spiro atoms. The van der Waals surface area contributed by atoms with Crippen molar-refractivity contribution >= 4 is 11.8 Å². The van der Waals surface area contributed by atoms with Crippen molar-refractivity contribution in [3.05, 3.63) is 23.5 Å². The molecule has 0 unspecified atom stereocenters. The zero-order valence-electron chi connectivity index (χ0n) is 10.9. The molecule has 0 bridgehead atoms. The van der Waals surface area contributed by atoms with Crippen LogP contribution in [0.5, 0.6) is 0 Å². The number of fused-ring (bicyclic) bond motifs is 2. The molecule has 2 aliphatic heterocycles. The van der Waals surface area contributed by atoms with E-state index in [9.17, 15) is 22.8 Å². The minimum atomic E-state index is -4.44. The molecule has 0 N–H and O–H groups in total. The normalized spacial score (nSPS) is 29.6. The third-order valence-electron chi connectivity index (χ3n) is 4.40. The van der Waals surface area contributed by atoms with Gasteiger partial charge in [-0.3, -0.25) is 14.5 Å². The maximum atomic E-state index is 13.0. The largest absolute Gasteiger partial charge is 0.418 e. The fourth-order valence-corrected chi connectivity index (χ4v) is 3.38. The second-order valence-corrected chi connectivity index (χ2v) is 5.39. The third-order valence-corrected chi connectivity index (χ3v) is 4.40. The fourth-order valence-electron chi connectivity index (χ4n) is 3.38. The van der Waals surface area contributed by atoms with Crippen molar-refractivity contribution in [2.45, 2.75) is 25.6 Å². The second kappa shape index (κ2) is 3.86.